The van der Waals surface area contributed by atoms with Crippen molar-refractivity contribution in [1.29, 1.82) is 0 Å². The lowest BCUT2D eigenvalue weighted by Crippen LogP contribution is -2.00. The van der Waals surface area contributed by atoms with Crippen molar-refractivity contribution < 1.29 is 18.9 Å². The van der Waals surface area contributed by atoms with Crippen molar-refractivity contribution >= 4 is 0 Å². The molecule has 7 heteroatoms. The monoisotopic (exact) mass is 383 g/mol. The number of benzene rings is 2. The molecule has 1 N–H and O–H groups in total. The van der Waals surface area contributed by atoms with Crippen molar-refractivity contribution in [2.24, 2.45) is 0 Å². The maximum absolute atomic E-state index is 5.63. The number of nitrogens with one attached hydrogen (secondary N) is 1. The first-order chi connectivity index (χ1) is 13.7. The summed E-state index contributed by atoms with van der Waals surface area (Å²) in [5.74, 6) is 1.91. The minimum Gasteiger partial charge on any atom is -0.493 e. The van der Waals surface area contributed by atoms with E-state index in [1.54, 1.807) is 28.4 Å². The highest BCUT2D eigenvalue weighted by Gasteiger charge is 2.26. The van der Waals surface area contributed by atoms with Crippen molar-refractivity contribution in [3.05, 3.63) is 35.9 Å². The average molecular weight is 383 g/mol. The summed E-state index contributed by atoms with van der Waals surface area (Å²) < 4.78 is 22.1. The SMILES string of the molecule is CCCc1ccc(-c2n[nH]nc2-c2cc(OC)c(OC)c(OC)c2OC)cc1. The van der Waals surface area contributed by atoms with Gasteiger partial charge in [0, 0.05) is 5.56 Å². The van der Waals surface area contributed by atoms with Crippen molar-refractivity contribution in [2.75, 3.05) is 28.4 Å². The minimum absolute atomic E-state index is 0.437. The smallest absolute Gasteiger partial charge is 0.207 e. The molecule has 2 aromatic carbocycles. The van der Waals surface area contributed by atoms with Crippen LogP contribution in [0.5, 0.6) is 23.0 Å². The lowest BCUT2D eigenvalue weighted by Gasteiger charge is -2.18. The van der Waals surface area contributed by atoms with Crippen molar-refractivity contribution in [1.82, 2.24) is 15.4 Å². The molecule has 0 aliphatic heterocycles. The minimum atomic E-state index is 0.437. The second kappa shape index (κ2) is 8.65. The van der Waals surface area contributed by atoms with Crippen LogP contribution in [0.25, 0.3) is 22.5 Å². The maximum atomic E-state index is 5.63. The van der Waals surface area contributed by atoms with Crippen LogP contribution in [-0.2, 0) is 6.42 Å². The van der Waals surface area contributed by atoms with Gasteiger partial charge in [-0.1, -0.05) is 37.6 Å². The molecule has 1 heterocycles. The Morgan fingerprint density at radius 1 is 0.786 bits per heavy atom. The van der Waals surface area contributed by atoms with Gasteiger partial charge in [-0.25, -0.2) is 0 Å². The summed E-state index contributed by atoms with van der Waals surface area (Å²) in [5, 5.41) is 11.5. The van der Waals surface area contributed by atoms with E-state index in [-0.39, 0.29) is 0 Å². The number of nitrogens with zero attached hydrogens (tertiary/aromatic N) is 2. The second-order valence-corrected chi connectivity index (χ2v) is 6.19. The summed E-state index contributed by atoms with van der Waals surface area (Å²) in [6.45, 7) is 2.17. The number of hydrogen-bond donors (Lipinski definition) is 1. The maximum Gasteiger partial charge on any atom is 0.207 e. The predicted molar refractivity (Wildman–Crippen MR) is 107 cm³/mol. The molecular formula is C21H25N3O4. The van der Waals surface area contributed by atoms with Gasteiger partial charge in [0.05, 0.1) is 34.0 Å². The lowest BCUT2D eigenvalue weighted by molar-refractivity contribution is 0.306. The van der Waals surface area contributed by atoms with Gasteiger partial charge in [-0.3, -0.25) is 0 Å². The molecule has 0 amide bonds. The Hall–Kier alpha value is -3.22. The number of aromatic amines is 1. The third-order valence-electron chi connectivity index (χ3n) is 4.56. The number of H-pyrrole nitrogens is 1. The number of hydrogen-bond acceptors (Lipinski definition) is 6. The van der Waals surface area contributed by atoms with Crippen molar-refractivity contribution in [2.45, 2.75) is 19.8 Å². The topological polar surface area (TPSA) is 78.5 Å². The zero-order valence-corrected chi connectivity index (χ0v) is 16.8. The van der Waals surface area contributed by atoms with E-state index in [1.807, 2.05) is 6.07 Å². The molecule has 0 bridgehead atoms. The number of methoxy groups -OCH3 is 4. The van der Waals surface area contributed by atoms with Crippen LogP contribution in [0.15, 0.2) is 30.3 Å². The third-order valence-corrected chi connectivity index (χ3v) is 4.56. The summed E-state index contributed by atoms with van der Waals surface area (Å²) in [6, 6.07) is 10.1. The fraction of sp³-hybridized carbons (Fsp3) is 0.333. The fourth-order valence-electron chi connectivity index (χ4n) is 3.25. The van der Waals surface area contributed by atoms with Gasteiger partial charge in [-0.15, -0.1) is 0 Å². The van der Waals surface area contributed by atoms with E-state index in [4.69, 9.17) is 18.9 Å². The van der Waals surface area contributed by atoms with Crippen LogP contribution >= 0.6 is 0 Å². The zero-order valence-electron chi connectivity index (χ0n) is 16.8. The van der Waals surface area contributed by atoms with Crippen LogP contribution < -0.4 is 18.9 Å². The molecule has 0 saturated carbocycles. The highest BCUT2D eigenvalue weighted by Crippen LogP contribution is 2.50. The van der Waals surface area contributed by atoms with Crippen LogP contribution in [0.4, 0.5) is 0 Å². The molecule has 0 unspecified atom stereocenters. The number of rotatable bonds is 8. The van der Waals surface area contributed by atoms with Gasteiger partial charge < -0.3 is 18.9 Å². The highest BCUT2D eigenvalue weighted by atomic mass is 16.5. The molecular weight excluding hydrogens is 358 g/mol. The molecule has 0 aliphatic carbocycles. The van der Waals surface area contributed by atoms with Crippen LogP contribution in [0.1, 0.15) is 18.9 Å². The molecule has 0 fully saturated rings. The standard InChI is InChI=1S/C21H25N3O4/c1-6-7-13-8-10-14(11-9-13)17-18(23-24-22-17)15-12-16(25-2)20(27-4)21(28-5)19(15)26-3/h8-12H,6-7H2,1-5H3,(H,22,23,24). The molecule has 148 valence electrons. The first kappa shape index (κ1) is 19.5. The quantitative estimate of drug-likeness (QED) is 0.630. The largest absolute Gasteiger partial charge is 0.493 e. The zero-order chi connectivity index (χ0) is 20.1. The Kier molecular flexibility index (Phi) is 6.03. The molecule has 0 saturated heterocycles. The molecule has 3 aromatic rings. The Morgan fingerprint density at radius 2 is 1.43 bits per heavy atom. The number of aryl methyl sites for hydroxylation is 1. The summed E-state index contributed by atoms with van der Waals surface area (Å²) in [7, 11) is 6.26. The van der Waals surface area contributed by atoms with E-state index in [0.717, 1.165) is 24.1 Å². The Balaban J connectivity index is 2.16. The van der Waals surface area contributed by atoms with Crippen LogP contribution in [-0.4, -0.2) is 43.8 Å². The number of ether oxygens (including phenoxy) is 4. The fourth-order valence-corrected chi connectivity index (χ4v) is 3.25. The lowest BCUT2D eigenvalue weighted by atomic mass is 10.0. The van der Waals surface area contributed by atoms with Crippen LogP contribution in [0.3, 0.4) is 0 Å². The molecule has 28 heavy (non-hydrogen) atoms. The highest BCUT2D eigenvalue weighted by molar-refractivity contribution is 5.85. The molecule has 0 atom stereocenters. The van der Waals surface area contributed by atoms with Gasteiger partial charge in [0.15, 0.2) is 11.5 Å². The molecule has 3 rings (SSSR count). The first-order valence-corrected chi connectivity index (χ1v) is 9.05. The molecule has 1 aromatic heterocycles. The van der Waals surface area contributed by atoms with Crippen LogP contribution in [0.2, 0.25) is 0 Å². The van der Waals surface area contributed by atoms with E-state index in [2.05, 4.69) is 46.6 Å². The Morgan fingerprint density at radius 3 is 2.00 bits per heavy atom. The summed E-state index contributed by atoms with van der Waals surface area (Å²) in [5.41, 5.74) is 4.30. The van der Waals surface area contributed by atoms with Crippen molar-refractivity contribution in [3.8, 4) is 45.5 Å². The Labute approximate surface area is 164 Å². The predicted octanol–water partition coefficient (Wildman–Crippen LogP) is 4.13. The summed E-state index contributed by atoms with van der Waals surface area (Å²) in [4.78, 5) is 0. The van der Waals surface area contributed by atoms with E-state index in [1.165, 1.54) is 5.56 Å². The molecule has 0 radical (unpaired) electrons. The normalized spacial score (nSPS) is 10.6. The molecule has 0 spiro atoms. The van der Waals surface area contributed by atoms with Gasteiger partial charge in [-0.2, -0.15) is 15.4 Å². The first-order valence-electron chi connectivity index (χ1n) is 9.05. The van der Waals surface area contributed by atoms with E-state index < -0.39 is 0 Å². The molecule has 0 aliphatic rings. The van der Waals surface area contributed by atoms with Gasteiger partial charge in [0.25, 0.3) is 0 Å². The van der Waals surface area contributed by atoms with E-state index in [9.17, 15) is 0 Å². The van der Waals surface area contributed by atoms with Crippen molar-refractivity contribution in [3.63, 3.8) is 0 Å². The van der Waals surface area contributed by atoms with Gasteiger partial charge in [0.2, 0.25) is 11.5 Å². The van der Waals surface area contributed by atoms with E-state index >= 15 is 0 Å². The second-order valence-electron chi connectivity index (χ2n) is 6.19. The summed E-state index contributed by atoms with van der Waals surface area (Å²) in [6.07, 6.45) is 2.16. The van der Waals surface area contributed by atoms with Gasteiger partial charge in [-0.05, 0) is 18.1 Å². The summed E-state index contributed by atoms with van der Waals surface area (Å²) >= 11 is 0. The van der Waals surface area contributed by atoms with Gasteiger partial charge in [0.1, 0.15) is 11.4 Å². The number of aromatic nitrogens is 3. The third kappa shape index (κ3) is 3.47. The Bertz CT molecular complexity index is 936. The van der Waals surface area contributed by atoms with Crippen LogP contribution in [0, 0.1) is 0 Å². The molecule has 7 nitrogen and oxygen atoms in total. The van der Waals surface area contributed by atoms with E-state index in [0.29, 0.717) is 34.3 Å². The van der Waals surface area contributed by atoms with Gasteiger partial charge >= 0.3 is 0 Å². The average Bonchev–Trinajstić information content (AvgIpc) is 3.22.